The molecule has 0 saturated carbocycles. The van der Waals surface area contributed by atoms with Crippen molar-refractivity contribution in [1.82, 2.24) is 5.32 Å². The van der Waals surface area contributed by atoms with Crippen molar-refractivity contribution in [2.24, 2.45) is 0 Å². The van der Waals surface area contributed by atoms with Gasteiger partial charge in [-0.1, -0.05) is 24.3 Å². The highest BCUT2D eigenvalue weighted by atomic mass is 15.0. The summed E-state index contributed by atoms with van der Waals surface area (Å²) in [6, 6.07) is 1.25. The van der Waals surface area contributed by atoms with Crippen LogP contribution in [0, 0.1) is 0 Å². The maximum Gasteiger partial charge on any atom is 0.0444 e. The molecule has 0 aromatic carbocycles. The van der Waals surface area contributed by atoms with Crippen molar-refractivity contribution >= 4 is 0 Å². The Labute approximate surface area is 42.7 Å². The van der Waals surface area contributed by atoms with E-state index in [1.165, 1.54) is 0 Å². The Kier molecular flexibility index (Phi) is 0.484. The molecule has 1 heteroatoms. The molecule has 0 bridgehead atoms. The molecule has 7 heavy (non-hydrogen) atoms. The first-order valence-electron chi connectivity index (χ1n) is 2.58. The first-order valence-corrected chi connectivity index (χ1v) is 2.58. The molecular weight excluding hydrogens is 86.1 g/mol. The van der Waals surface area contributed by atoms with E-state index in [4.69, 9.17) is 0 Å². The van der Waals surface area contributed by atoms with Gasteiger partial charge in [0.2, 0.25) is 0 Å². The second-order valence-corrected chi connectivity index (χ2v) is 1.99. The van der Waals surface area contributed by atoms with Crippen LogP contribution in [-0.4, -0.2) is 12.1 Å². The molecule has 0 heterocycles. The highest BCUT2D eigenvalue weighted by Crippen LogP contribution is 2.11. The Morgan fingerprint density at radius 1 is 0.857 bits per heavy atom. The molecule has 0 spiro atoms. The molecule has 2 aliphatic rings. The van der Waals surface area contributed by atoms with E-state index < -0.39 is 0 Å². The van der Waals surface area contributed by atoms with E-state index in [9.17, 15) is 0 Å². The molecule has 0 aliphatic heterocycles. The topological polar surface area (TPSA) is 12.0 Å². The predicted molar refractivity (Wildman–Crippen MR) is 29.0 cm³/mol. The standard InChI is InChI=1S/C6H7N/c1-2-5(1)7-6-3-4-6/h1-7H. The van der Waals surface area contributed by atoms with E-state index in [1.807, 2.05) is 0 Å². The molecule has 2 rings (SSSR count). The lowest BCUT2D eigenvalue weighted by Gasteiger charge is -1.94. The van der Waals surface area contributed by atoms with Gasteiger partial charge >= 0.3 is 0 Å². The lowest BCUT2D eigenvalue weighted by molar-refractivity contribution is 0.750. The van der Waals surface area contributed by atoms with Crippen molar-refractivity contribution in [3.05, 3.63) is 24.3 Å². The minimum Gasteiger partial charge on any atom is -0.297 e. The van der Waals surface area contributed by atoms with Crippen LogP contribution < -0.4 is 5.32 Å². The second kappa shape index (κ2) is 0.984. The Morgan fingerprint density at radius 3 is 1.57 bits per heavy atom. The van der Waals surface area contributed by atoms with Gasteiger partial charge in [-0.05, 0) is 0 Å². The van der Waals surface area contributed by atoms with Crippen LogP contribution in [0.2, 0.25) is 0 Å². The van der Waals surface area contributed by atoms with Gasteiger partial charge in [-0.25, -0.2) is 0 Å². The lowest BCUT2D eigenvalue weighted by atomic mass is 10.5. The molecule has 0 fully saturated rings. The van der Waals surface area contributed by atoms with Gasteiger partial charge < -0.3 is 0 Å². The molecule has 36 valence electrons. The van der Waals surface area contributed by atoms with Gasteiger partial charge in [-0.3, -0.25) is 5.32 Å². The summed E-state index contributed by atoms with van der Waals surface area (Å²) in [7, 11) is 0. The van der Waals surface area contributed by atoms with Crippen molar-refractivity contribution < 1.29 is 0 Å². The number of nitrogens with one attached hydrogen (secondary N) is 1. The Bertz CT molecular complexity index is 107. The van der Waals surface area contributed by atoms with Gasteiger partial charge in [0.1, 0.15) is 0 Å². The second-order valence-electron chi connectivity index (χ2n) is 1.99. The summed E-state index contributed by atoms with van der Waals surface area (Å²) >= 11 is 0. The van der Waals surface area contributed by atoms with E-state index >= 15 is 0 Å². The van der Waals surface area contributed by atoms with Gasteiger partial charge in [0.25, 0.3) is 0 Å². The Morgan fingerprint density at radius 2 is 1.29 bits per heavy atom. The largest absolute Gasteiger partial charge is 0.297 e. The molecule has 0 atom stereocenters. The molecule has 0 saturated heterocycles. The fraction of sp³-hybridized carbons (Fsp3) is 0.333. The smallest absolute Gasteiger partial charge is 0.0444 e. The van der Waals surface area contributed by atoms with Crippen LogP contribution in [0.3, 0.4) is 0 Å². The van der Waals surface area contributed by atoms with E-state index in [1.54, 1.807) is 0 Å². The molecular formula is C6H7N. The minimum absolute atomic E-state index is 0.625. The average molecular weight is 93.1 g/mol. The highest BCUT2D eigenvalue weighted by molar-refractivity contribution is 5.28. The van der Waals surface area contributed by atoms with E-state index in [0.717, 1.165) is 0 Å². The van der Waals surface area contributed by atoms with Crippen LogP contribution in [-0.2, 0) is 0 Å². The zero-order valence-electron chi connectivity index (χ0n) is 3.96. The van der Waals surface area contributed by atoms with Crippen LogP contribution in [0.25, 0.3) is 0 Å². The number of hydrogen-bond donors (Lipinski definition) is 1. The van der Waals surface area contributed by atoms with Gasteiger partial charge in [-0.15, -0.1) is 0 Å². The third-order valence-electron chi connectivity index (χ3n) is 1.15. The van der Waals surface area contributed by atoms with Crippen LogP contribution >= 0.6 is 0 Å². The maximum atomic E-state index is 3.31. The van der Waals surface area contributed by atoms with Gasteiger partial charge in [0.15, 0.2) is 0 Å². The van der Waals surface area contributed by atoms with Crippen LogP contribution in [0.5, 0.6) is 0 Å². The van der Waals surface area contributed by atoms with Gasteiger partial charge in [0.05, 0.1) is 0 Å². The Balaban J connectivity index is 1.72. The predicted octanol–water partition coefficient (Wildman–Crippen LogP) is 0.453. The van der Waals surface area contributed by atoms with Crippen molar-refractivity contribution in [1.29, 1.82) is 0 Å². The summed E-state index contributed by atoms with van der Waals surface area (Å²) in [6.45, 7) is 0. The van der Waals surface area contributed by atoms with Crippen LogP contribution in [0.4, 0.5) is 0 Å². The summed E-state index contributed by atoms with van der Waals surface area (Å²) in [6.07, 6.45) is 8.61. The zero-order chi connectivity index (χ0) is 4.69. The van der Waals surface area contributed by atoms with Gasteiger partial charge in [-0.2, -0.15) is 0 Å². The summed E-state index contributed by atoms with van der Waals surface area (Å²) in [5.41, 5.74) is 0. The van der Waals surface area contributed by atoms with Crippen molar-refractivity contribution in [3.63, 3.8) is 0 Å². The fourth-order valence-corrected chi connectivity index (χ4v) is 0.556. The van der Waals surface area contributed by atoms with Crippen LogP contribution in [0.15, 0.2) is 24.3 Å². The first kappa shape index (κ1) is 3.44. The average Bonchev–Trinajstić information content (AvgIpc) is 2.33. The van der Waals surface area contributed by atoms with Crippen LogP contribution in [0.1, 0.15) is 0 Å². The number of hydrogen-bond acceptors (Lipinski definition) is 1. The summed E-state index contributed by atoms with van der Waals surface area (Å²) in [4.78, 5) is 0. The van der Waals surface area contributed by atoms with E-state index in [2.05, 4.69) is 29.6 Å². The number of rotatable bonds is 2. The molecule has 2 aliphatic carbocycles. The van der Waals surface area contributed by atoms with Crippen molar-refractivity contribution in [2.45, 2.75) is 12.1 Å². The monoisotopic (exact) mass is 93.1 g/mol. The van der Waals surface area contributed by atoms with E-state index in [-0.39, 0.29) is 0 Å². The molecule has 0 unspecified atom stereocenters. The molecule has 0 aromatic rings. The van der Waals surface area contributed by atoms with E-state index in [0.29, 0.717) is 12.1 Å². The summed E-state index contributed by atoms with van der Waals surface area (Å²) in [5, 5.41) is 3.31. The molecule has 0 radical (unpaired) electrons. The fourth-order valence-electron chi connectivity index (χ4n) is 0.556. The van der Waals surface area contributed by atoms with Crippen molar-refractivity contribution in [3.8, 4) is 0 Å². The normalized spacial score (nSPS) is 26.3. The summed E-state index contributed by atoms with van der Waals surface area (Å²) in [5.74, 6) is 0. The first-order chi connectivity index (χ1) is 3.45. The molecule has 0 amide bonds. The maximum absolute atomic E-state index is 3.31. The van der Waals surface area contributed by atoms with Crippen molar-refractivity contribution in [2.75, 3.05) is 0 Å². The highest BCUT2D eigenvalue weighted by Gasteiger charge is 2.17. The molecule has 1 N–H and O–H groups in total. The lowest BCUT2D eigenvalue weighted by Crippen LogP contribution is -2.20. The van der Waals surface area contributed by atoms with Gasteiger partial charge in [0, 0.05) is 12.1 Å². The summed E-state index contributed by atoms with van der Waals surface area (Å²) < 4.78 is 0. The third-order valence-corrected chi connectivity index (χ3v) is 1.15. The minimum atomic E-state index is 0.625. The molecule has 0 aromatic heterocycles. The third kappa shape index (κ3) is 0.722. The quantitative estimate of drug-likeness (QED) is 0.489. The Hall–Kier alpha value is -0.560. The molecule has 1 nitrogen and oxygen atoms in total. The SMILES string of the molecule is C1=CC1NC1C=C1. The zero-order valence-corrected chi connectivity index (χ0v) is 3.96.